The standard InChI is InChI=1S/C13H17N3O/c14-9-2-4-11(13(15)17)12(6-9)16-7-8-1-3-10(16)5-8/h2,4,6,8,10H,1,3,5,7,14H2,(H2,15,17). The number of primary amides is 1. The molecule has 1 saturated heterocycles. The van der Waals surface area contributed by atoms with Crippen LogP contribution in [0.15, 0.2) is 18.2 Å². The second kappa shape index (κ2) is 3.65. The monoisotopic (exact) mass is 231 g/mol. The van der Waals surface area contributed by atoms with E-state index in [1.54, 1.807) is 12.1 Å². The summed E-state index contributed by atoms with van der Waals surface area (Å²) in [6.07, 6.45) is 3.78. The van der Waals surface area contributed by atoms with Gasteiger partial charge in [0.05, 0.1) is 11.3 Å². The van der Waals surface area contributed by atoms with E-state index in [1.807, 2.05) is 6.07 Å². The molecule has 3 rings (SSSR count). The van der Waals surface area contributed by atoms with Crippen molar-refractivity contribution in [2.24, 2.45) is 11.7 Å². The summed E-state index contributed by atoms with van der Waals surface area (Å²) in [6, 6.07) is 5.91. The minimum atomic E-state index is -0.372. The van der Waals surface area contributed by atoms with Gasteiger partial charge in [-0.2, -0.15) is 0 Å². The molecule has 0 spiro atoms. The van der Waals surface area contributed by atoms with E-state index in [0.717, 1.165) is 18.2 Å². The number of nitrogen functional groups attached to an aromatic ring is 1. The van der Waals surface area contributed by atoms with Crippen LogP contribution >= 0.6 is 0 Å². The Morgan fingerprint density at radius 2 is 2.18 bits per heavy atom. The number of nitrogens with two attached hydrogens (primary N) is 2. The van der Waals surface area contributed by atoms with Gasteiger partial charge < -0.3 is 16.4 Å². The fraction of sp³-hybridized carbons (Fsp3) is 0.462. The largest absolute Gasteiger partial charge is 0.399 e. The van der Waals surface area contributed by atoms with E-state index in [4.69, 9.17) is 11.5 Å². The summed E-state index contributed by atoms with van der Waals surface area (Å²) < 4.78 is 0. The molecular formula is C13H17N3O. The molecule has 2 aliphatic rings. The van der Waals surface area contributed by atoms with E-state index in [0.29, 0.717) is 17.3 Å². The zero-order chi connectivity index (χ0) is 12.0. The number of carbonyl (C=O) groups is 1. The van der Waals surface area contributed by atoms with Gasteiger partial charge in [-0.3, -0.25) is 4.79 Å². The highest BCUT2D eigenvalue weighted by molar-refractivity contribution is 5.99. The molecule has 0 radical (unpaired) electrons. The Morgan fingerprint density at radius 1 is 1.35 bits per heavy atom. The molecule has 2 unspecified atom stereocenters. The first-order valence-corrected chi connectivity index (χ1v) is 6.11. The summed E-state index contributed by atoms with van der Waals surface area (Å²) >= 11 is 0. The molecule has 2 fully saturated rings. The molecule has 1 heterocycles. The van der Waals surface area contributed by atoms with Crippen molar-refractivity contribution in [1.29, 1.82) is 0 Å². The van der Waals surface area contributed by atoms with E-state index in [-0.39, 0.29) is 5.91 Å². The Kier molecular flexibility index (Phi) is 2.24. The van der Waals surface area contributed by atoms with Gasteiger partial charge in [0.15, 0.2) is 0 Å². The maximum atomic E-state index is 11.5. The molecular weight excluding hydrogens is 214 g/mol. The number of fused-ring (bicyclic) bond motifs is 2. The molecule has 1 aliphatic carbocycles. The van der Waals surface area contributed by atoms with Gasteiger partial charge >= 0.3 is 0 Å². The lowest BCUT2D eigenvalue weighted by molar-refractivity contribution is 0.100. The van der Waals surface area contributed by atoms with E-state index in [1.165, 1.54) is 19.3 Å². The minimum Gasteiger partial charge on any atom is -0.399 e. The van der Waals surface area contributed by atoms with E-state index < -0.39 is 0 Å². The predicted octanol–water partition coefficient (Wildman–Crippen LogP) is 1.36. The third kappa shape index (κ3) is 1.64. The second-order valence-corrected chi connectivity index (χ2v) is 5.13. The molecule has 90 valence electrons. The zero-order valence-corrected chi connectivity index (χ0v) is 9.73. The first-order chi connectivity index (χ1) is 8.15. The van der Waals surface area contributed by atoms with Crippen molar-refractivity contribution in [1.82, 2.24) is 0 Å². The summed E-state index contributed by atoms with van der Waals surface area (Å²) in [4.78, 5) is 13.8. The van der Waals surface area contributed by atoms with Crippen molar-refractivity contribution < 1.29 is 4.79 Å². The Morgan fingerprint density at radius 3 is 2.76 bits per heavy atom. The molecule has 1 amide bonds. The lowest BCUT2D eigenvalue weighted by atomic mass is 10.1. The molecule has 17 heavy (non-hydrogen) atoms. The van der Waals surface area contributed by atoms with Crippen LogP contribution < -0.4 is 16.4 Å². The molecule has 2 bridgehead atoms. The molecule has 1 aliphatic heterocycles. The molecule has 4 N–H and O–H groups in total. The van der Waals surface area contributed by atoms with Gasteiger partial charge in [0, 0.05) is 18.3 Å². The summed E-state index contributed by atoms with van der Waals surface area (Å²) in [5.41, 5.74) is 13.4. The van der Waals surface area contributed by atoms with Crippen LogP contribution in [0.25, 0.3) is 0 Å². The van der Waals surface area contributed by atoms with Gasteiger partial charge in [-0.05, 0) is 43.4 Å². The average Bonchev–Trinajstić information content (AvgIpc) is 2.90. The highest BCUT2D eigenvalue weighted by atomic mass is 16.1. The fourth-order valence-corrected chi connectivity index (χ4v) is 3.21. The topological polar surface area (TPSA) is 72.3 Å². The van der Waals surface area contributed by atoms with E-state index >= 15 is 0 Å². The number of anilines is 2. The number of nitrogens with zero attached hydrogens (tertiary/aromatic N) is 1. The van der Waals surface area contributed by atoms with Crippen molar-refractivity contribution in [3.8, 4) is 0 Å². The molecule has 4 heteroatoms. The quantitative estimate of drug-likeness (QED) is 0.755. The van der Waals surface area contributed by atoms with Crippen LogP contribution in [0.3, 0.4) is 0 Å². The van der Waals surface area contributed by atoms with Crippen molar-refractivity contribution >= 4 is 17.3 Å². The van der Waals surface area contributed by atoms with Crippen molar-refractivity contribution in [3.63, 3.8) is 0 Å². The van der Waals surface area contributed by atoms with Gasteiger partial charge in [0.25, 0.3) is 5.91 Å². The van der Waals surface area contributed by atoms with Gasteiger partial charge in [0.2, 0.25) is 0 Å². The fourth-order valence-electron chi connectivity index (χ4n) is 3.21. The van der Waals surface area contributed by atoms with Gasteiger partial charge in [-0.1, -0.05) is 0 Å². The van der Waals surface area contributed by atoms with Crippen molar-refractivity contribution in [3.05, 3.63) is 23.8 Å². The lowest BCUT2D eigenvalue weighted by Gasteiger charge is -2.30. The highest BCUT2D eigenvalue weighted by Crippen LogP contribution is 2.41. The lowest BCUT2D eigenvalue weighted by Crippen LogP contribution is -2.33. The first-order valence-electron chi connectivity index (χ1n) is 6.11. The number of piperidine rings is 1. The zero-order valence-electron chi connectivity index (χ0n) is 9.73. The number of amides is 1. The van der Waals surface area contributed by atoms with Crippen LogP contribution in [-0.4, -0.2) is 18.5 Å². The Labute approximate surface area is 101 Å². The van der Waals surface area contributed by atoms with E-state index in [2.05, 4.69) is 4.90 Å². The van der Waals surface area contributed by atoms with Crippen LogP contribution in [0, 0.1) is 5.92 Å². The number of rotatable bonds is 2. The summed E-state index contributed by atoms with van der Waals surface area (Å²) in [5, 5.41) is 0. The average molecular weight is 231 g/mol. The number of hydrogen-bond donors (Lipinski definition) is 2. The van der Waals surface area contributed by atoms with E-state index in [9.17, 15) is 4.79 Å². The third-order valence-corrected chi connectivity index (χ3v) is 4.01. The third-order valence-electron chi connectivity index (χ3n) is 4.01. The summed E-state index contributed by atoms with van der Waals surface area (Å²) in [5.74, 6) is 0.407. The van der Waals surface area contributed by atoms with Crippen molar-refractivity contribution in [2.75, 3.05) is 17.2 Å². The molecule has 4 nitrogen and oxygen atoms in total. The smallest absolute Gasteiger partial charge is 0.250 e. The van der Waals surface area contributed by atoms with Crippen LogP contribution in [0.4, 0.5) is 11.4 Å². The SMILES string of the molecule is NC(=O)c1ccc(N)cc1N1CC2CCC1C2. The van der Waals surface area contributed by atoms with Gasteiger partial charge in [0.1, 0.15) is 0 Å². The van der Waals surface area contributed by atoms with Crippen LogP contribution in [0.5, 0.6) is 0 Å². The Hall–Kier alpha value is -1.71. The minimum absolute atomic E-state index is 0.372. The first kappa shape index (κ1) is 10.4. The number of benzene rings is 1. The van der Waals surface area contributed by atoms with Crippen LogP contribution in [-0.2, 0) is 0 Å². The molecule has 1 saturated carbocycles. The Balaban J connectivity index is 2.01. The molecule has 1 aromatic carbocycles. The normalized spacial score (nSPS) is 26.5. The summed E-state index contributed by atoms with van der Waals surface area (Å²) in [7, 11) is 0. The van der Waals surface area contributed by atoms with Crippen molar-refractivity contribution in [2.45, 2.75) is 25.3 Å². The number of carbonyl (C=O) groups excluding carboxylic acids is 1. The second-order valence-electron chi connectivity index (χ2n) is 5.13. The molecule has 0 aromatic heterocycles. The maximum Gasteiger partial charge on any atom is 0.250 e. The molecule has 2 atom stereocenters. The maximum absolute atomic E-state index is 11.5. The predicted molar refractivity (Wildman–Crippen MR) is 67.8 cm³/mol. The highest BCUT2D eigenvalue weighted by Gasteiger charge is 2.38. The summed E-state index contributed by atoms with van der Waals surface area (Å²) in [6.45, 7) is 1.04. The Bertz CT molecular complexity index is 472. The van der Waals surface area contributed by atoms with Crippen LogP contribution in [0.2, 0.25) is 0 Å². The van der Waals surface area contributed by atoms with Gasteiger partial charge in [-0.15, -0.1) is 0 Å². The molecule has 1 aromatic rings. The van der Waals surface area contributed by atoms with Gasteiger partial charge in [-0.25, -0.2) is 0 Å². The number of hydrogen-bond acceptors (Lipinski definition) is 3. The van der Waals surface area contributed by atoms with Crippen LogP contribution in [0.1, 0.15) is 29.6 Å².